The molecule has 0 bridgehead atoms. The zero-order valence-corrected chi connectivity index (χ0v) is 14.1. The zero-order valence-electron chi connectivity index (χ0n) is 14.1. The summed E-state index contributed by atoms with van der Waals surface area (Å²) in [6.45, 7) is 13.2. The Morgan fingerprint density at radius 3 is 2.43 bits per heavy atom. The largest absolute Gasteiger partial charge is 0.491 e. The monoisotopic (exact) mass is 289 g/mol. The Kier molecular flexibility index (Phi) is 6.60. The molecule has 1 aromatic heterocycles. The lowest BCUT2D eigenvalue weighted by molar-refractivity contribution is -0.104. The maximum absolute atomic E-state index is 10.8. The van der Waals surface area contributed by atoms with Crippen molar-refractivity contribution in [1.82, 2.24) is 4.98 Å². The fourth-order valence-corrected chi connectivity index (χ4v) is 2.10. The molecule has 3 nitrogen and oxygen atoms in total. The normalized spacial score (nSPS) is 12.1. The van der Waals surface area contributed by atoms with Gasteiger partial charge in [0.15, 0.2) is 0 Å². The van der Waals surface area contributed by atoms with Crippen LogP contribution in [0.1, 0.15) is 76.8 Å². The lowest BCUT2D eigenvalue weighted by Crippen LogP contribution is -2.08. The number of hydrogen-bond donors (Lipinski definition) is 0. The van der Waals surface area contributed by atoms with Crippen LogP contribution in [-0.2, 0) is 4.79 Å². The van der Waals surface area contributed by atoms with E-state index in [1.54, 1.807) is 6.08 Å². The third kappa shape index (κ3) is 4.42. The van der Waals surface area contributed by atoms with E-state index in [1.165, 1.54) is 0 Å². The lowest BCUT2D eigenvalue weighted by Gasteiger charge is -2.20. The highest BCUT2D eigenvalue weighted by Crippen LogP contribution is 2.35. The van der Waals surface area contributed by atoms with Crippen LogP contribution in [0.15, 0.2) is 12.1 Å². The molecule has 0 radical (unpaired) electrons. The van der Waals surface area contributed by atoms with Gasteiger partial charge in [0.1, 0.15) is 12.0 Å². The average molecular weight is 289 g/mol. The maximum atomic E-state index is 10.8. The van der Waals surface area contributed by atoms with Gasteiger partial charge in [-0.3, -0.25) is 9.78 Å². The summed E-state index contributed by atoms with van der Waals surface area (Å²) >= 11 is 0. The first-order chi connectivity index (χ1) is 9.92. The minimum Gasteiger partial charge on any atom is -0.491 e. The molecule has 0 aliphatic heterocycles. The van der Waals surface area contributed by atoms with Gasteiger partial charge in [-0.2, -0.15) is 0 Å². The Morgan fingerprint density at radius 1 is 1.29 bits per heavy atom. The number of aldehydes is 1. The van der Waals surface area contributed by atoms with E-state index >= 15 is 0 Å². The Morgan fingerprint density at radius 2 is 1.95 bits per heavy atom. The Hall–Kier alpha value is -1.64. The van der Waals surface area contributed by atoms with Crippen molar-refractivity contribution in [3.05, 3.63) is 29.1 Å². The van der Waals surface area contributed by atoms with Gasteiger partial charge in [0.05, 0.1) is 12.3 Å². The SMILES string of the molecule is CCCOc1c(C(C)=CC=O)cc(C(C)C)nc1C(C)C. The first-order valence-corrected chi connectivity index (χ1v) is 7.72. The third-order valence-electron chi connectivity index (χ3n) is 3.35. The Bertz CT molecular complexity index is 516. The maximum Gasteiger partial charge on any atom is 0.148 e. The molecule has 0 aliphatic rings. The van der Waals surface area contributed by atoms with Crippen molar-refractivity contribution >= 4 is 11.9 Å². The molecule has 1 aromatic rings. The van der Waals surface area contributed by atoms with Gasteiger partial charge in [0.25, 0.3) is 0 Å². The van der Waals surface area contributed by atoms with Crippen LogP contribution < -0.4 is 4.74 Å². The molecule has 0 atom stereocenters. The van der Waals surface area contributed by atoms with Crippen molar-refractivity contribution in [2.45, 2.75) is 59.8 Å². The van der Waals surface area contributed by atoms with Crippen molar-refractivity contribution in [1.29, 1.82) is 0 Å². The third-order valence-corrected chi connectivity index (χ3v) is 3.35. The van der Waals surface area contributed by atoms with E-state index in [0.29, 0.717) is 12.5 Å². The van der Waals surface area contributed by atoms with Gasteiger partial charge in [0.2, 0.25) is 0 Å². The van der Waals surface area contributed by atoms with E-state index in [4.69, 9.17) is 9.72 Å². The highest BCUT2D eigenvalue weighted by Gasteiger charge is 2.18. The minimum absolute atomic E-state index is 0.276. The highest BCUT2D eigenvalue weighted by atomic mass is 16.5. The zero-order chi connectivity index (χ0) is 16.0. The molecule has 0 unspecified atom stereocenters. The molecule has 0 aliphatic carbocycles. The van der Waals surface area contributed by atoms with Crippen LogP contribution in [0.3, 0.4) is 0 Å². The molecular formula is C18H27NO2. The summed E-state index contributed by atoms with van der Waals surface area (Å²) in [5.41, 5.74) is 3.92. The van der Waals surface area contributed by atoms with E-state index in [9.17, 15) is 4.79 Å². The standard InChI is InChI=1S/C18H27NO2/c1-7-10-21-18-15(14(6)8-9-20)11-16(12(2)3)19-17(18)13(4)5/h8-9,11-13H,7,10H2,1-6H3. The van der Waals surface area contributed by atoms with E-state index in [2.05, 4.69) is 40.7 Å². The van der Waals surface area contributed by atoms with Gasteiger partial charge in [0, 0.05) is 11.3 Å². The van der Waals surface area contributed by atoms with Crippen LogP contribution in [-0.4, -0.2) is 17.9 Å². The predicted octanol–water partition coefficient (Wildman–Crippen LogP) is 4.72. The van der Waals surface area contributed by atoms with Crippen LogP contribution in [0.5, 0.6) is 5.75 Å². The van der Waals surface area contributed by atoms with E-state index in [0.717, 1.165) is 41.0 Å². The van der Waals surface area contributed by atoms with Crippen LogP contribution in [0.25, 0.3) is 5.57 Å². The quantitative estimate of drug-likeness (QED) is 0.538. The summed E-state index contributed by atoms with van der Waals surface area (Å²) in [6.07, 6.45) is 3.35. The highest BCUT2D eigenvalue weighted by molar-refractivity contribution is 5.83. The number of aromatic nitrogens is 1. The molecule has 0 N–H and O–H groups in total. The van der Waals surface area contributed by atoms with Crippen LogP contribution in [0.2, 0.25) is 0 Å². The van der Waals surface area contributed by atoms with Gasteiger partial charge >= 0.3 is 0 Å². The smallest absolute Gasteiger partial charge is 0.148 e. The molecule has 0 saturated heterocycles. The molecule has 0 fully saturated rings. The molecule has 3 heteroatoms. The second-order valence-electron chi connectivity index (χ2n) is 5.95. The van der Waals surface area contributed by atoms with Crippen LogP contribution in [0.4, 0.5) is 0 Å². The number of ether oxygens (including phenoxy) is 1. The number of allylic oxidation sites excluding steroid dienone is 2. The molecule has 116 valence electrons. The average Bonchev–Trinajstić information content (AvgIpc) is 2.44. The van der Waals surface area contributed by atoms with Gasteiger partial charge in [-0.1, -0.05) is 34.6 Å². The van der Waals surface area contributed by atoms with E-state index in [-0.39, 0.29) is 5.92 Å². The number of pyridine rings is 1. The fraction of sp³-hybridized carbons (Fsp3) is 0.556. The van der Waals surface area contributed by atoms with Crippen molar-refractivity contribution in [2.24, 2.45) is 0 Å². The molecule has 1 rings (SSSR count). The van der Waals surface area contributed by atoms with Gasteiger partial charge < -0.3 is 4.74 Å². The fourth-order valence-electron chi connectivity index (χ4n) is 2.10. The van der Waals surface area contributed by atoms with Gasteiger partial charge in [-0.25, -0.2) is 0 Å². The van der Waals surface area contributed by atoms with Crippen LogP contribution in [0, 0.1) is 0 Å². The minimum atomic E-state index is 0.276. The summed E-state index contributed by atoms with van der Waals surface area (Å²) in [5, 5.41) is 0. The van der Waals surface area contributed by atoms with Crippen molar-refractivity contribution in [3.63, 3.8) is 0 Å². The molecular weight excluding hydrogens is 262 g/mol. The summed E-state index contributed by atoms with van der Waals surface area (Å²) in [5.74, 6) is 1.44. The van der Waals surface area contributed by atoms with E-state index < -0.39 is 0 Å². The van der Waals surface area contributed by atoms with Gasteiger partial charge in [-0.05, 0) is 42.9 Å². The summed E-state index contributed by atoms with van der Waals surface area (Å²) in [6, 6.07) is 2.05. The summed E-state index contributed by atoms with van der Waals surface area (Å²) in [4.78, 5) is 15.6. The summed E-state index contributed by atoms with van der Waals surface area (Å²) in [7, 11) is 0. The molecule has 21 heavy (non-hydrogen) atoms. The number of carbonyl (C=O) groups is 1. The number of hydrogen-bond acceptors (Lipinski definition) is 3. The van der Waals surface area contributed by atoms with Crippen LogP contribution >= 0.6 is 0 Å². The lowest BCUT2D eigenvalue weighted by atomic mass is 9.97. The summed E-state index contributed by atoms with van der Waals surface area (Å²) < 4.78 is 5.96. The molecule has 1 heterocycles. The van der Waals surface area contributed by atoms with E-state index in [1.807, 2.05) is 6.92 Å². The molecule has 0 spiro atoms. The number of carbonyl (C=O) groups excluding carboxylic acids is 1. The molecule has 0 aromatic carbocycles. The molecule has 0 amide bonds. The Balaban J connectivity index is 3.53. The first kappa shape index (κ1) is 17.4. The van der Waals surface area contributed by atoms with Crippen molar-refractivity contribution in [3.8, 4) is 5.75 Å². The number of rotatable bonds is 7. The topological polar surface area (TPSA) is 39.2 Å². The first-order valence-electron chi connectivity index (χ1n) is 7.72. The second kappa shape index (κ2) is 7.96. The number of nitrogens with zero attached hydrogens (tertiary/aromatic N) is 1. The van der Waals surface area contributed by atoms with Crippen molar-refractivity contribution in [2.75, 3.05) is 6.61 Å². The van der Waals surface area contributed by atoms with Gasteiger partial charge in [-0.15, -0.1) is 0 Å². The molecule has 0 saturated carbocycles. The Labute approximate surface area is 128 Å². The second-order valence-corrected chi connectivity index (χ2v) is 5.95. The predicted molar refractivity (Wildman–Crippen MR) is 87.9 cm³/mol. The van der Waals surface area contributed by atoms with Crippen molar-refractivity contribution < 1.29 is 9.53 Å².